The normalized spacial score (nSPS) is 22.4. The van der Waals surface area contributed by atoms with Gasteiger partial charge in [0.15, 0.2) is 6.23 Å². The maximum atomic E-state index is 10.3. The summed E-state index contributed by atoms with van der Waals surface area (Å²) in [6, 6.07) is -0.718. The zero-order valence-corrected chi connectivity index (χ0v) is 5.03. The van der Waals surface area contributed by atoms with Crippen LogP contribution in [0.2, 0.25) is 0 Å². The third-order valence-electron chi connectivity index (χ3n) is 0.935. The Bertz CT molecular complexity index is 199. The molecule has 1 aliphatic heterocycles. The fraction of sp³-hybridized carbons (Fsp3) is 0.200. The predicted octanol–water partition coefficient (Wildman–Crippen LogP) is -0.906. The van der Waals surface area contributed by atoms with E-state index in [9.17, 15) is 9.59 Å². The van der Waals surface area contributed by atoms with Crippen molar-refractivity contribution in [3.63, 3.8) is 0 Å². The lowest BCUT2D eigenvalue weighted by molar-refractivity contribution is -0.139. The van der Waals surface area contributed by atoms with Crippen LogP contribution in [0.1, 0.15) is 0 Å². The van der Waals surface area contributed by atoms with E-state index in [2.05, 4.69) is 10.1 Å². The minimum atomic E-state index is -0.718. The molecule has 0 fully saturated rings. The Morgan fingerprint density at radius 1 is 1.80 bits per heavy atom. The molecule has 0 aromatic rings. The largest absolute Gasteiger partial charge is 0.435 e. The number of amides is 2. The van der Waals surface area contributed by atoms with Gasteiger partial charge in [0.2, 0.25) is 0 Å². The molecule has 1 atom stereocenters. The molecule has 0 saturated heterocycles. The fourth-order valence-corrected chi connectivity index (χ4v) is 0.587. The van der Waals surface area contributed by atoms with Gasteiger partial charge in [-0.05, 0) is 6.08 Å². The number of hydrogen-bond donors (Lipinski definition) is 2. The molecule has 0 bridgehead atoms. The first kappa shape index (κ1) is 6.60. The molecule has 0 saturated carbocycles. The highest BCUT2D eigenvalue weighted by molar-refractivity contribution is 5.85. The van der Waals surface area contributed by atoms with Gasteiger partial charge in [-0.2, -0.15) is 0 Å². The molecule has 2 amide bonds. The van der Waals surface area contributed by atoms with Gasteiger partial charge in [0.05, 0.1) is 0 Å². The highest BCUT2D eigenvalue weighted by Gasteiger charge is 2.16. The molecule has 10 heavy (non-hydrogen) atoms. The minimum absolute atomic E-state index is 0.473. The van der Waals surface area contributed by atoms with Crippen molar-refractivity contribution >= 4 is 12.0 Å². The molecule has 1 unspecified atom stereocenters. The first-order valence-electron chi connectivity index (χ1n) is 2.63. The van der Waals surface area contributed by atoms with E-state index in [1.54, 1.807) is 0 Å². The average Bonchev–Trinajstić information content (AvgIpc) is 2.13. The first-order chi connectivity index (χ1) is 4.68. The van der Waals surface area contributed by atoms with E-state index < -0.39 is 18.2 Å². The summed E-state index contributed by atoms with van der Waals surface area (Å²) in [4.78, 5) is 20.5. The predicted molar refractivity (Wildman–Crippen MR) is 31.7 cm³/mol. The van der Waals surface area contributed by atoms with Gasteiger partial charge in [-0.3, -0.25) is 5.32 Å². The second-order valence-corrected chi connectivity index (χ2v) is 1.73. The van der Waals surface area contributed by atoms with Gasteiger partial charge < -0.3 is 10.5 Å². The SMILES string of the molecule is NC(=O)NC1C=CC(=O)O1. The molecule has 5 heteroatoms. The van der Waals surface area contributed by atoms with Crippen LogP contribution in [0.3, 0.4) is 0 Å². The van der Waals surface area contributed by atoms with Crippen molar-refractivity contribution in [1.82, 2.24) is 5.32 Å². The van der Waals surface area contributed by atoms with Gasteiger partial charge in [0.25, 0.3) is 0 Å². The molecule has 5 nitrogen and oxygen atoms in total. The molecule has 0 spiro atoms. The lowest BCUT2D eigenvalue weighted by atomic mass is 10.5. The quantitative estimate of drug-likeness (QED) is 0.465. The Labute approximate surface area is 56.8 Å². The van der Waals surface area contributed by atoms with Gasteiger partial charge in [-0.1, -0.05) is 0 Å². The van der Waals surface area contributed by atoms with Crippen LogP contribution in [0.5, 0.6) is 0 Å². The van der Waals surface area contributed by atoms with Crippen LogP contribution in [0, 0.1) is 0 Å². The molecule has 0 aliphatic carbocycles. The van der Waals surface area contributed by atoms with Crippen molar-refractivity contribution in [3.05, 3.63) is 12.2 Å². The van der Waals surface area contributed by atoms with E-state index in [0.29, 0.717) is 0 Å². The number of nitrogens with two attached hydrogens (primary N) is 1. The molecule has 3 N–H and O–H groups in total. The number of cyclic esters (lactones) is 1. The zero-order valence-electron chi connectivity index (χ0n) is 5.03. The van der Waals surface area contributed by atoms with Gasteiger partial charge in [0.1, 0.15) is 0 Å². The van der Waals surface area contributed by atoms with Crippen molar-refractivity contribution in [2.24, 2.45) is 5.73 Å². The van der Waals surface area contributed by atoms with E-state index in [0.717, 1.165) is 0 Å². The molecule has 1 aliphatic rings. The number of carbonyl (C=O) groups is 2. The molecular formula is C5H6N2O3. The summed E-state index contributed by atoms with van der Waals surface area (Å²) < 4.78 is 4.51. The number of nitrogens with one attached hydrogen (secondary N) is 1. The smallest absolute Gasteiger partial charge is 0.332 e. The third-order valence-corrected chi connectivity index (χ3v) is 0.935. The van der Waals surface area contributed by atoms with Crippen molar-refractivity contribution in [2.75, 3.05) is 0 Å². The summed E-state index contributed by atoms with van der Waals surface area (Å²) in [5.74, 6) is -0.473. The number of primary amides is 1. The van der Waals surface area contributed by atoms with Crippen molar-refractivity contribution in [3.8, 4) is 0 Å². The zero-order chi connectivity index (χ0) is 7.56. The Morgan fingerprint density at radius 2 is 2.50 bits per heavy atom. The van der Waals surface area contributed by atoms with Crippen LogP contribution in [0.4, 0.5) is 4.79 Å². The Balaban J connectivity index is 2.40. The van der Waals surface area contributed by atoms with E-state index in [-0.39, 0.29) is 0 Å². The summed E-state index contributed by atoms with van der Waals surface area (Å²) in [6.45, 7) is 0. The summed E-state index contributed by atoms with van der Waals surface area (Å²) >= 11 is 0. The summed E-state index contributed by atoms with van der Waals surface area (Å²) in [5.41, 5.74) is 4.74. The van der Waals surface area contributed by atoms with Crippen LogP contribution >= 0.6 is 0 Å². The topological polar surface area (TPSA) is 81.4 Å². The molecule has 0 aromatic heterocycles. The molecule has 0 radical (unpaired) electrons. The van der Waals surface area contributed by atoms with Crippen LogP contribution in [-0.2, 0) is 9.53 Å². The van der Waals surface area contributed by atoms with Crippen molar-refractivity contribution < 1.29 is 14.3 Å². The third kappa shape index (κ3) is 1.48. The summed E-state index contributed by atoms with van der Waals surface area (Å²) in [6.07, 6.45) is 1.94. The first-order valence-corrected chi connectivity index (χ1v) is 2.63. The van der Waals surface area contributed by atoms with Crippen LogP contribution in [0.25, 0.3) is 0 Å². The lowest BCUT2D eigenvalue weighted by Crippen LogP contribution is -2.38. The number of urea groups is 1. The van der Waals surface area contributed by atoms with Gasteiger partial charge in [-0.25, -0.2) is 9.59 Å². The fourth-order valence-electron chi connectivity index (χ4n) is 0.587. The molecule has 54 valence electrons. The van der Waals surface area contributed by atoms with Gasteiger partial charge in [-0.15, -0.1) is 0 Å². The average molecular weight is 142 g/mol. The number of carbonyl (C=O) groups excluding carboxylic acids is 2. The molecule has 1 rings (SSSR count). The number of rotatable bonds is 1. The van der Waals surface area contributed by atoms with Crippen LogP contribution < -0.4 is 11.1 Å². The van der Waals surface area contributed by atoms with E-state index in [1.807, 2.05) is 0 Å². The standard InChI is InChI=1S/C5H6N2O3/c6-5(9)7-3-1-2-4(8)10-3/h1-3H,(H3,6,7,9). The maximum absolute atomic E-state index is 10.3. The monoisotopic (exact) mass is 142 g/mol. The van der Waals surface area contributed by atoms with Crippen LogP contribution in [0.15, 0.2) is 12.2 Å². The number of hydrogen-bond acceptors (Lipinski definition) is 3. The summed E-state index contributed by atoms with van der Waals surface area (Å²) in [5, 5.41) is 2.18. The lowest BCUT2D eigenvalue weighted by Gasteiger charge is -2.06. The van der Waals surface area contributed by atoms with E-state index in [1.165, 1.54) is 12.2 Å². The van der Waals surface area contributed by atoms with Gasteiger partial charge >= 0.3 is 12.0 Å². The second kappa shape index (κ2) is 2.38. The Kier molecular flexibility index (Phi) is 1.57. The Hall–Kier alpha value is -1.52. The minimum Gasteiger partial charge on any atom is -0.435 e. The molecule has 0 aromatic carbocycles. The van der Waals surface area contributed by atoms with E-state index >= 15 is 0 Å². The summed E-state index contributed by atoms with van der Waals surface area (Å²) in [7, 11) is 0. The van der Waals surface area contributed by atoms with Crippen molar-refractivity contribution in [2.45, 2.75) is 6.23 Å². The maximum Gasteiger partial charge on any atom is 0.332 e. The molecule has 1 heterocycles. The highest BCUT2D eigenvalue weighted by atomic mass is 16.6. The Morgan fingerprint density at radius 3 is 2.90 bits per heavy atom. The highest BCUT2D eigenvalue weighted by Crippen LogP contribution is 1.99. The number of ether oxygens (including phenoxy) is 1. The molecular weight excluding hydrogens is 136 g/mol. The number of esters is 1. The van der Waals surface area contributed by atoms with Gasteiger partial charge in [0, 0.05) is 6.08 Å². The van der Waals surface area contributed by atoms with Crippen molar-refractivity contribution in [1.29, 1.82) is 0 Å². The van der Waals surface area contributed by atoms with Crippen LogP contribution in [-0.4, -0.2) is 18.2 Å². The van der Waals surface area contributed by atoms with E-state index in [4.69, 9.17) is 5.73 Å². The second-order valence-electron chi connectivity index (χ2n) is 1.73.